The van der Waals surface area contributed by atoms with Crippen LogP contribution in [0.1, 0.15) is 32.6 Å². The molecular weight excluding hydrogens is 270 g/mol. The summed E-state index contributed by atoms with van der Waals surface area (Å²) in [6, 6.07) is -0.899. The van der Waals surface area contributed by atoms with Gasteiger partial charge in [0, 0.05) is 13.1 Å². The summed E-state index contributed by atoms with van der Waals surface area (Å²) in [6.45, 7) is 5.25. The zero-order chi connectivity index (χ0) is 15.4. The van der Waals surface area contributed by atoms with E-state index >= 15 is 0 Å². The summed E-state index contributed by atoms with van der Waals surface area (Å²) in [5.41, 5.74) is 0. The van der Waals surface area contributed by atoms with E-state index in [-0.39, 0.29) is 11.9 Å². The number of carbonyl (C=O) groups is 2. The maximum absolute atomic E-state index is 12.3. The summed E-state index contributed by atoms with van der Waals surface area (Å²) < 4.78 is 0. The van der Waals surface area contributed by atoms with Crippen molar-refractivity contribution < 1.29 is 14.7 Å². The summed E-state index contributed by atoms with van der Waals surface area (Å²) in [4.78, 5) is 27.5. The minimum absolute atomic E-state index is 0.0188. The van der Waals surface area contributed by atoms with E-state index in [1.165, 1.54) is 4.90 Å². The van der Waals surface area contributed by atoms with Crippen molar-refractivity contribution in [3.05, 3.63) is 0 Å². The Morgan fingerprint density at radius 2 is 1.86 bits per heavy atom. The molecule has 0 bridgehead atoms. The second kappa shape index (κ2) is 7.11. The number of hydrogen-bond acceptors (Lipinski definition) is 3. The highest BCUT2D eigenvalue weighted by Crippen LogP contribution is 2.23. The number of rotatable bonds is 3. The lowest BCUT2D eigenvalue weighted by Crippen LogP contribution is -2.55. The molecule has 0 radical (unpaired) electrons. The predicted molar refractivity (Wildman–Crippen MR) is 80.1 cm³/mol. The fraction of sp³-hybridized carbons (Fsp3) is 0.867. The van der Waals surface area contributed by atoms with E-state index < -0.39 is 12.0 Å². The summed E-state index contributed by atoms with van der Waals surface area (Å²) in [5, 5.41) is 12.3. The maximum Gasteiger partial charge on any atom is 0.326 e. The number of hydrogen-bond donors (Lipinski definition) is 2. The predicted octanol–water partition coefficient (Wildman–Crippen LogP) is 1.22. The monoisotopic (exact) mass is 297 g/mol. The number of nitrogens with one attached hydrogen (secondary N) is 1. The van der Waals surface area contributed by atoms with Gasteiger partial charge in [-0.05, 0) is 57.7 Å². The second-order valence-electron chi connectivity index (χ2n) is 6.53. The number of likely N-dealkylation sites (tertiary alicyclic amines) is 2. The largest absolute Gasteiger partial charge is 0.480 e. The third-order valence-electron chi connectivity index (χ3n) is 4.83. The molecule has 120 valence electrons. The van der Waals surface area contributed by atoms with Crippen LogP contribution >= 0.6 is 0 Å². The summed E-state index contributed by atoms with van der Waals surface area (Å²) in [7, 11) is 2.11. The number of carboxylic acids is 1. The number of amides is 2. The van der Waals surface area contributed by atoms with Gasteiger partial charge in [-0.3, -0.25) is 0 Å². The van der Waals surface area contributed by atoms with Crippen LogP contribution in [0, 0.1) is 11.8 Å². The van der Waals surface area contributed by atoms with Gasteiger partial charge < -0.3 is 20.2 Å². The SMILES string of the molecule is CC1CCCN(C(=O)NCC2CCN(C)CC2)C1C(=O)O. The van der Waals surface area contributed by atoms with Crippen LogP contribution in [0.5, 0.6) is 0 Å². The molecule has 2 N–H and O–H groups in total. The standard InChI is InChI=1S/C15H27N3O3/c1-11-4-3-7-18(13(11)14(19)20)15(21)16-10-12-5-8-17(2)9-6-12/h11-13H,3-10H2,1-2H3,(H,16,21)(H,19,20). The quantitative estimate of drug-likeness (QED) is 0.821. The number of nitrogens with zero attached hydrogens (tertiary/aromatic N) is 2. The van der Waals surface area contributed by atoms with E-state index in [0.29, 0.717) is 19.0 Å². The molecule has 21 heavy (non-hydrogen) atoms. The van der Waals surface area contributed by atoms with E-state index in [9.17, 15) is 14.7 Å². The van der Waals surface area contributed by atoms with Crippen LogP contribution in [0.2, 0.25) is 0 Å². The molecule has 2 rings (SSSR count). The Hall–Kier alpha value is -1.30. The molecule has 2 fully saturated rings. The zero-order valence-electron chi connectivity index (χ0n) is 13.0. The van der Waals surface area contributed by atoms with E-state index in [1.807, 2.05) is 6.92 Å². The molecular formula is C15H27N3O3. The third kappa shape index (κ3) is 4.09. The first kappa shape index (κ1) is 16.1. The van der Waals surface area contributed by atoms with E-state index in [1.54, 1.807) is 0 Å². The van der Waals surface area contributed by atoms with Crippen molar-refractivity contribution in [3.8, 4) is 0 Å². The van der Waals surface area contributed by atoms with Crippen molar-refractivity contribution >= 4 is 12.0 Å². The van der Waals surface area contributed by atoms with Crippen molar-refractivity contribution in [1.82, 2.24) is 15.1 Å². The highest BCUT2D eigenvalue weighted by Gasteiger charge is 2.37. The smallest absolute Gasteiger partial charge is 0.326 e. The molecule has 0 aromatic carbocycles. The topological polar surface area (TPSA) is 72.9 Å². The molecule has 2 amide bonds. The lowest BCUT2D eigenvalue weighted by atomic mass is 9.91. The van der Waals surface area contributed by atoms with Crippen LogP contribution in [0.15, 0.2) is 0 Å². The van der Waals surface area contributed by atoms with Crippen LogP contribution < -0.4 is 5.32 Å². The summed E-state index contributed by atoms with van der Waals surface area (Å²) >= 11 is 0. The number of carboxylic acid groups (broad SMARTS) is 1. The Balaban J connectivity index is 1.85. The molecule has 0 spiro atoms. The first-order valence-electron chi connectivity index (χ1n) is 7.95. The van der Waals surface area contributed by atoms with Crippen molar-refractivity contribution in [3.63, 3.8) is 0 Å². The molecule has 0 aromatic heterocycles. The summed E-state index contributed by atoms with van der Waals surface area (Å²) in [5.74, 6) is -0.363. The highest BCUT2D eigenvalue weighted by molar-refractivity contribution is 5.83. The highest BCUT2D eigenvalue weighted by atomic mass is 16.4. The molecule has 6 nitrogen and oxygen atoms in total. The molecule has 2 saturated heterocycles. The van der Waals surface area contributed by atoms with Gasteiger partial charge in [0.2, 0.25) is 0 Å². The van der Waals surface area contributed by atoms with Crippen molar-refractivity contribution in [1.29, 1.82) is 0 Å². The molecule has 2 aliphatic heterocycles. The second-order valence-corrected chi connectivity index (χ2v) is 6.53. The van der Waals surface area contributed by atoms with E-state index in [4.69, 9.17) is 0 Å². The maximum atomic E-state index is 12.3. The molecule has 0 aromatic rings. The number of carbonyl (C=O) groups excluding carboxylic acids is 1. The fourth-order valence-corrected chi connectivity index (χ4v) is 3.39. The third-order valence-corrected chi connectivity index (χ3v) is 4.83. The van der Waals surface area contributed by atoms with Crippen LogP contribution in [0.3, 0.4) is 0 Å². The number of urea groups is 1. The number of aliphatic carboxylic acids is 1. The van der Waals surface area contributed by atoms with Crippen molar-refractivity contribution in [2.24, 2.45) is 11.8 Å². The van der Waals surface area contributed by atoms with Gasteiger partial charge in [0.05, 0.1) is 0 Å². The van der Waals surface area contributed by atoms with Gasteiger partial charge >= 0.3 is 12.0 Å². The van der Waals surface area contributed by atoms with Gasteiger partial charge in [-0.15, -0.1) is 0 Å². The first-order chi connectivity index (χ1) is 9.99. The molecule has 0 saturated carbocycles. The Bertz CT molecular complexity index is 380. The lowest BCUT2D eigenvalue weighted by Gasteiger charge is -2.37. The number of piperidine rings is 2. The van der Waals surface area contributed by atoms with Gasteiger partial charge in [-0.1, -0.05) is 6.92 Å². The molecule has 2 unspecified atom stereocenters. The lowest BCUT2D eigenvalue weighted by molar-refractivity contribution is -0.145. The molecule has 2 aliphatic rings. The minimum atomic E-state index is -0.892. The van der Waals surface area contributed by atoms with Crippen molar-refractivity contribution in [2.75, 3.05) is 33.2 Å². The molecule has 0 aliphatic carbocycles. The normalized spacial score (nSPS) is 28.4. The Kier molecular flexibility index (Phi) is 5.45. The molecule has 2 heterocycles. The van der Waals surface area contributed by atoms with E-state index in [0.717, 1.165) is 38.8 Å². The fourth-order valence-electron chi connectivity index (χ4n) is 3.39. The Labute approximate surface area is 126 Å². The Morgan fingerprint density at radius 3 is 2.48 bits per heavy atom. The van der Waals surface area contributed by atoms with Crippen LogP contribution in [-0.2, 0) is 4.79 Å². The molecule has 6 heteroatoms. The van der Waals surface area contributed by atoms with Crippen LogP contribution in [0.4, 0.5) is 4.79 Å². The van der Waals surface area contributed by atoms with Crippen LogP contribution in [0.25, 0.3) is 0 Å². The zero-order valence-corrected chi connectivity index (χ0v) is 13.0. The van der Waals surface area contributed by atoms with Crippen molar-refractivity contribution in [2.45, 2.75) is 38.6 Å². The molecule has 2 atom stereocenters. The average molecular weight is 297 g/mol. The van der Waals surface area contributed by atoms with E-state index in [2.05, 4.69) is 17.3 Å². The Morgan fingerprint density at radius 1 is 1.19 bits per heavy atom. The van der Waals surface area contributed by atoms with Gasteiger partial charge in [0.1, 0.15) is 6.04 Å². The first-order valence-corrected chi connectivity index (χ1v) is 7.95. The van der Waals surface area contributed by atoms with Gasteiger partial charge in [-0.2, -0.15) is 0 Å². The van der Waals surface area contributed by atoms with Gasteiger partial charge in [0.25, 0.3) is 0 Å². The minimum Gasteiger partial charge on any atom is -0.480 e. The average Bonchev–Trinajstić information content (AvgIpc) is 2.45. The summed E-state index contributed by atoms with van der Waals surface area (Å²) in [6.07, 6.45) is 3.94. The van der Waals surface area contributed by atoms with Gasteiger partial charge in [0.15, 0.2) is 0 Å². The van der Waals surface area contributed by atoms with Gasteiger partial charge in [-0.25, -0.2) is 9.59 Å². The van der Waals surface area contributed by atoms with Crippen LogP contribution in [-0.4, -0.2) is 66.2 Å².